The van der Waals surface area contributed by atoms with E-state index in [1.54, 1.807) is 12.1 Å². The van der Waals surface area contributed by atoms with Crippen molar-refractivity contribution >= 4 is 5.91 Å². The Morgan fingerprint density at radius 2 is 2.11 bits per heavy atom. The summed E-state index contributed by atoms with van der Waals surface area (Å²) in [4.78, 5) is 10.3. The molecule has 0 unspecified atom stereocenters. The van der Waals surface area contributed by atoms with Gasteiger partial charge in [-0.3, -0.25) is 4.79 Å². The minimum Gasteiger partial charge on any atom is -0.342 e. The molecule has 0 heterocycles. The molecule has 0 aliphatic carbocycles. The minimum atomic E-state index is -0.404. The molecule has 0 aliphatic rings. The van der Waals surface area contributed by atoms with Crippen LogP contribution in [-0.4, -0.2) is 12.5 Å². The van der Waals surface area contributed by atoms with Crippen molar-refractivity contribution in [3.63, 3.8) is 0 Å². The highest BCUT2D eigenvalue weighted by Gasteiger charge is 1.94. The predicted octanol–water partition coefficient (Wildman–Crippen LogP) is -0.460. The van der Waals surface area contributed by atoms with Crippen molar-refractivity contribution in [3.05, 3.63) is 0 Å². The van der Waals surface area contributed by atoms with Crippen molar-refractivity contribution in [2.24, 2.45) is 0 Å². The number of carbonyl (C=O) groups is 1. The number of nitrogens with zero attached hydrogens (tertiary/aromatic N) is 2. The summed E-state index contributed by atoms with van der Waals surface area (Å²) < 4.78 is 0. The topological polar surface area (TPSA) is 76.7 Å². The van der Waals surface area contributed by atoms with Gasteiger partial charge in [0.15, 0.2) is 0 Å². The SMILES string of the molecule is N#CCNC(=O)CC#N. The minimum absolute atomic E-state index is 0.0273. The fourth-order valence-corrected chi connectivity index (χ4v) is 0.272. The van der Waals surface area contributed by atoms with Crippen LogP contribution in [0, 0.1) is 22.7 Å². The van der Waals surface area contributed by atoms with E-state index in [0.29, 0.717) is 0 Å². The molecule has 0 aromatic carbocycles. The smallest absolute Gasteiger partial charge is 0.235 e. The number of rotatable bonds is 2. The van der Waals surface area contributed by atoms with Crippen LogP contribution in [-0.2, 0) is 4.79 Å². The molecule has 0 rings (SSSR count). The first-order valence-electron chi connectivity index (χ1n) is 2.32. The predicted molar refractivity (Wildman–Crippen MR) is 28.9 cm³/mol. The Morgan fingerprint density at radius 3 is 2.56 bits per heavy atom. The number of amides is 1. The summed E-state index contributed by atoms with van der Waals surface area (Å²) in [6, 6.07) is 3.37. The van der Waals surface area contributed by atoms with E-state index >= 15 is 0 Å². The molecule has 0 saturated heterocycles. The van der Waals surface area contributed by atoms with Gasteiger partial charge in [-0.25, -0.2) is 0 Å². The number of nitrogens with one attached hydrogen (secondary N) is 1. The lowest BCUT2D eigenvalue weighted by atomic mass is 10.4. The zero-order valence-electron chi connectivity index (χ0n) is 4.72. The van der Waals surface area contributed by atoms with E-state index in [1.165, 1.54) is 0 Å². The van der Waals surface area contributed by atoms with Crippen molar-refractivity contribution < 1.29 is 4.79 Å². The van der Waals surface area contributed by atoms with Gasteiger partial charge in [-0.2, -0.15) is 10.5 Å². The quantitative estimate of drug-likeness (QED) is 0.505. The van der Waals surface area contributed by atoms with Crippen LogP contribution < -0.4 is 5.32 Å². The van der Waals surface area contributed by atoms with Crippen LogP contribution in [0.2, 0.25) is 0 Å². The second kappa shape index (κ2) is 4.61. The molecular formula is C5H5N3O. The van der Waals surface area contributed by atoms with Crippen molar-refractivity contribution in [2.45, 2.75) is 6.42 Å². The van der Waals surface area contributed by atoms with E-state index in [0.717, 1.165) is 0 Å². The standard InChI is InChI=1S/C5H5N3O/c6-2-1-5(9)8-4-3-7/h1,4H2,(H,8,9). The fourth-order valence-electron chi connectivity index (χ4n) is 0.272. The van der Waals surface area contributed by atoms with E-state index in [2.05, 4.69) is 5.32 Å². The molecule has 46 valence electrons. The average Bonchev–Trinajstić information content (AvgIpc) is 1.85. The van der Waals surface area contributed by atoms with Crippen LogP contribution in [0.25, 0.3) is 0 Å². The van der Waals surface area contributed by atoms with Crippen LogP contribution in [0.4, 0.5) is 0 Å². The lowest BCUT2D eigenvalue weighted by Gasteiger charge is -1.90. The van der Waals surface area contributed by atoms with Gasteiger partial charge in [0, 0.05) is 0 Å². The largest absolute Gasteiger partial charge is 0.342 e. The van der Waals surface area contributed by atoms with E-state index in [-0.39, 0.29) is 13.0 Å². The normalized spacial score (nSPS) is 6.89. The Hall–Kier alpha value is -1.55. The molecule has 4 heteroatoms. The zero-order valence-corrected chi connectivity index (χ0v) is 4.72. The molecule has 0 aromatic heterocycles. The third kappa shape index (κ3) is 4.30. The first kappa shape index (κ1) is 7.45. The van der Waals surface area contributed by atoms with Crippen molar-refractivity contribution in [2.75, 3.05) is 6.54 Å². The Kier molecular flexibility index (Phi) is 3.81. The molecular weight excluding hydrogens is 118 g/mol. The summed E-state index contributed by atoms with van der Waals surface area (Å²) >= 11 is 0. The molecule has 0 saturated carbocycles. The molecule has 0 bridgehead atoms. The lowest BCUT2D eigenvalue weighted by molar-refractivity contribution is -0.119. The second-order valence-electron chi connectivity index (χ2n) is 1.27. The van der Waals surface area contributed by atoms with Crippen molar-refractivity contribution in [1.29, 1.82) is 10.5 Å². The molecule has 0 aliphatic heterocycles. The van der Waals surface area contributed by atoms with E-state index in [1.807, 2.05) is 0 Å². The first-order chi connectivity index (χ1) is 4.31. The zero-order chi connectivity index (χ0) is 7.11. The number of carbonyl (C=O) groups excluding carboxylic acids is 1. The van der Waals surface area contributed by atoms with Gasteiger partial charge >= 0.3 is 0 Å². The highest BCUT2D eigenvalue weighted by atomic mass is 16.1. The molecule has 4 nitrogen and oxygen atoms in total. The van der Waals surface area contributed by atoms with Gasteiger partial charge in [-0.15, -0.1) is 0 Å². The number of hydrogen-bond acceptors (Lipinski definition) is 3. The summed E-state index contributed by atoms with van der Waals surface area (Å²) in [6.07, 6.45) is -0.179. The highest BCUT2D eigenvalue weighted by molar-refractivity contribution is 5.78. The van der Waals surface area contributed by atoms with Crippen molar-refractivity contribution in [1.82, 2.24) is 5.32 Å². The monoisotopic (exact) mass is 123 g/mol. The summed E-state index contributed by atoms with van der Waals surface area (Å²) in [5.41, 5.74) is 0. The number of hydrogen-bond donors (Lipinski definition) is 1. The Morgan fingerprint density at radius 1 is 1.44 bits per heavy atom. The van der Waals surface area contributed by atoms with Gasteiger partial charge in [0.05, 0.1) is 12.1 Å². The molecule has 0 aromatic rings. The summed E-state index contributed by atoms with van der Waals surface area (Å²) in [5, 5.41) is 18.1. The molecule has 0 fully saturated rings. The van der Waals surface area contributed by atoms with Gasteiger partial charge in [0.1, 0.15) is 13.0 Å². The Bertz CT molecular complexity index is 174. The average molecular weight is 123 g/mol. The summed E-state index contributed by atoms with van der Waals surface area (Å²) in [7, 11) is 0. The molecule has 0 spiro atoms. The van der Waals surface area contributed by atoms with Gasteiger partial charge in [-0.1, -0.05) is 0 Å². The molecule has 0 atom stereocenters. The molecule has 1 N–H and O–H groups in total. The van der Waals surface area contributed by atoms with Gasteiger partial charge in [-0.05, 0) is 0 Å². The van der Waals surface area contributed by atoms with Gasteiger partial charge < -0.3 is 5.32 Å². The van der Waals surface area contributed by atoms with Crippen LogP contribution >= 0.6 is 0 Å². The third-order valence-corrected chi connectivity index (χ3v) is 0.604. The molecule has 1 amide bonds. The fraction of sp³-hybridized carbons (Fsp3) is 0.400. The maximum atomic E-state index is 10.3. The van der Waals surface area contributed by atoms with E-state index in [9.17, 15) is 4.79 Å². The molecule has 9 heavy (non-hydrogen) atoms. The van der Waals surface area contributed by atoms with Gasteiger partial charge in [0.2, 0.25) is 5.91 Å². The highest BCUT2D eigenvalue weighted by Crippen LogP contribution is 1.71. The number of nitriles is 2. The summed E-state index contributed by atoms with van der Waals surface area (Å²) in [6.45, 7) is -0.0273. The lowest BCUT2D eigenvalue weighted by Crippen LogP contribution is -2.22. The Labute approximate surface area is 52.7 Å². The molecule has 0 radical (unpaired) electrons. The van der Waals surface area contributed by atoms with Crippen molar-refractivity contribution in [3.8, 4) is 12.1 Å². The maximum Gasteiger partial charge on any atom is 0.235 e. The third-order valence-electron chi connectivity index (χ3n) is 0.604. The van der Waals surface area contributed by atoms with Crippen LogP contribution in [0.1, 0.15) is 6.42 Å². The first-order valence-corrected chi connectivity index (χ1v) is 2.32. The summed E-state index contributed by atoms with van der Waals surface area (Å²) in [5.74, 6) is -0.404. The van der Waals surface area contributed by atoms with E-state index < -0.39 is 5.91 Å². The van der Waals surface area contributed by atoms with Crippen LogP contribution in [0.15, 0.2) is 0 Å². The second-order valence-corrected chi connectivity index (χ2v) is 1.27. The van der Waals surface area contributed by atoms with Gasteiger partial charge in [0.25, 0.3) is 0 Å². The van der Waals surface area contributed by atoms with Crippen LogP contribution in [0.5, 0.6) is 0 Å². The Balaban J connectivity index is 3.33. The van der Waals surface area contributed by atoms with Crippen LogP contribution in [0.3, 0.4) is 0 Å². The van der Waals surface area contributed by atoms with E-state index in [4.69, 9.17) is 10.5 Å². The maximum absolute atomic E-state index is 10.3.